The number of amides is 1. The molecule has 0 aromatic carbocycles. The highest BCUT2D eigenvalue weighted by atomic mass is 16.1. The third kappa shape index (κ3) is 3.27. The summed E-state index contributed by atoms with van der Waals surface area (Å²) in [7, 11) is 0. The molecule has 1 fully saturated rings. The van der Waals surface area contributed by atoms with Gasteiger partial charge in [0.1, 0.15) is 0 Å². The Morgan fingerprint density at radius 3 is 1.83 bits per heavy atom. The molecule has 0 heterocycles. The topological polar surface area (TPSA) is 43.1 Å². The van der Waals surface area contributed by atoms with Gasteiger partial charge in [0.05, 0.1) is 5.41 Å². The zero-order valence-corrected chi connectivity index (χ0v) is 13.1. The predicted octanol–water partition coefficient (Wildman–Crippen LogP) is 4.13. The molecule has 1 amide bonds. The minimum Gasteiger partial charge on any atom is -0.369 e. The minimum atomic E-state index is -0.365. The molecule has 0 aromatic rings. The van der Waals surface area contributed by atoms with E-state index in [9.17, 15) is 4.79 Å². The highest BCUT2D eigenvalue weighted by Gasteiger charge is 2.50. The lowest BCUT2D eigenvalue weighted by molar-refractivity contribution is -0.140. The summed E-state index contributed by atoms with van der Waals surface area (Å²) in [6, 6.07) is 0. The van der Waals surface area contributed by atoms with E-state index < -0.39 is 0 Å². The molecular weight excluding hydrogens is 222 g/mol. The number of rotatable bonds is 4. The summed E-state index contributed by atoms with van der Waals surface area (Å²) >= 11 is 0. The van der Waals surface area contributed by atoms with Gasteiger partial charge in [-0.1, -0.05) is 60.8 Å². The summed E-state index contributed by atoms with van der Waals surface area (Å²) in [5.41, 5.74) is 5.55. The third-order valence-corrected chi connectivity index (χ3v) is 4.60. The van der Waals surface area contributed by atoms with Gasteiger partial charge in [0.2, 0.25) is 5.91 Å². The molecule has 18 heavy (non-hydrogen) atoms. The maximum Gasteiger partial charge on any atom is 0.224 e. The first kappa shape index (κ1) is 15.5. The van der Waals surface area contributed by atoms with E-state index in [1.165, 1.54) is 19.3 Å². The van der Waals surface area contributed by atoms with Crippen molar-refractivity contribution < 1.29 is 4.79 Å². The Labute approximate surface area is 113 Å². The first-order valence-electron chi connectivity index (χ1n) is 7.28. The molecule has 2 N–H and O–H groups in total. The number of nitrogens with two attached hydrogens (primary N) is 1. The molecule has 2 heteroatoms. The Bertz CT molecular complexity index is 304. The van der Waals surface area contributed by atoms with Crippen LogP contribution in [0.3, 0.4) is 0 Å². The highest BCUT2D eigenvalue weighted by molar-refractivity contribution is 5.81. The van der Waals surface area contributed by atoms with Crippen molar-refractivity contribution in [3.63, 3.8) is 0 Å². The standard InChI is InChI=1S/C16H31NO/c1-14(2,3)11-16(13(17)18,15(4,5)6)10-12-8-7-9-12/h12H,7-11H2,1-6H3,(H2,17,18). The fourth-order valence-corrected chi connectivity index (χ4v) is 3.30. The summed E-state index contributed by atoms with van der Waals surface area (Å²) < 4.78 is 0. The monoisotopic (exact) mass is 253 g/mol. The van der Waals surface area contributed by atoms with Crippen molar-refractivity contribution >= 4 is 5.91 Å². The smallest absolute Gasteiger partial charge is 0.224 e. The van der Waals surface area contributed by atoms with Gasteiger partial charge in [0, 0.05) is 0 Å². The van der Waals surface area contributed by atoms with Crippen LogP contribution in [0.4, 0.5) is 0 Å². The fraction of sp³-hybridized carbons (Fsp3) is 0.938. The molecule has 0 aromatic heterocycles. The Balaban J connectivity index is 3.05. The van der Waals surface area contributed by atoms with Crippen molar-refractivity contribution in [2.24, 2.45) is 27.9 Å². The average molecular weight is 253 g/mol. The van der Waals surface area contributed by atoms with Crippen LogP contribution in [-0.2, 0) is 4.79 Å². The molecule has 0 aliphatic heterocycles. The van der Waals surface area contributed by atoms with Gasteiger partial charge in [-0.05, 0) is 29.6 Å². The van der Waals surface area contributed by atoms with E-state index in [4.69, 9.17) is 5.73 Å². The van der Waals surface area contributed by atoms with Crippen LogP contribution in [0.5, 0.6) is 0 Å². The van der Waals surface area contributed by atoms with Crippen LogP contribution in [0.25, 0.3) is 0 Å². The van der Waals surface area contributed by atoms with Gasteiger partial charge in [-0.25, -0.2) is 0 Å². The predicted molar refractivity (Wildman–Crippen MR) is 77.1 cm³/mol. The molecule has 1 atom stereocenters. The number of primary amides is 1. The van der Waals surface area contributed by atoms with Gasteiger partial charge in [0.15, 0.2) is 0 Å². The maximum atomic E-state index is 12.2. The third-order valence-electron chi connectivity index (χ3n) is 4.60. The van der Waals surface area contributed by atoms with E-state index in [-0.39, 0.29) is 22.2 Å². The molecule has 1 saturated carbocycles. The number of carbonyl (C=O) groups is 1. The van der Waals surface area contributed by atoms with Gasteiger partial charge in [-0.3, -0.25) is 4.79 Å². The average Bonchev–Trinajstić information content (AvgIpc) is 2.04. The molecular formula is C16H31NO. The number of hydrogen-bond donors (Lipinski definition) is 1. The Kier molecular flexibility index (Phi) is 4.19. The second kappa shape index (κ2) is 4.86. The van der Waals surface area contributed by atoms with Crippen molar-refractivity contribution in [2.45, 2.75) is 73.6 Å². The molecule has 2 nitrogen and oxygen atoms in total. The molecule has 0 saturated heterocycles. The number of carbonyl (C=O) groups excluding carboxylic acids is 1. The SMILES string of the molecule is CC(C)(C)CC(CC1CCC1)(C(N)=O)C(C)(C)C. The quantitative estimate of drug-likeness (QED) is 0.804. The van der Waals surface area contributed by atoms with Crippen LogP contribution in [0, 0.1) is 22.2 Å². The van der Waals surface area contributed by atoms with E-state index in [1.807, 2.05) is 0 Å². The Hall–Kier alpha value is -0.530. The van der Waals surface area contributed by atoms with Crippen molar-refractivity contribution in [3.05, 3.63) is 0 Å². The van der Waals surface area contributed by atoms with Crippen LogP contribution in [-0.4, -0.2) is 5.91 Å². The maximum absolute atomic E-state index is 12.2. The van der Waals surface area contributed by atoms with Gasteiger partial charge in [-0.2, -0.15) is 0 Å². The molecule has 0 radical (unpaired) electrons. The molecule has 1 unspecified atom stereocenters. The Morgan fingerprint density at radius 1 is 1.11 bits per heavy atom. The molecule has 0 spiro atoms. The van der Waals surface area contributed by atoms with E-state index >= 15 is 0 Å². The highest BCUT2D eigenvalue weighted by Crippen LogP contribution is 2.53. The van der Waals surface area contributed by atoms with E-state index in [2.05, 4.69) is 41.5 Å². The van der Waals surface area contributed by atoms with Crippen LogP contribution in [0.1, 0.15) is 73.6 Å². The zero-order valence-electron chi connectivity index (χ0n) is 13.1. The second-order valence-electron chi connectivity index (χ2n) is 8.43. The van der Waals surface area contributed by atoms with E-state index in [0.717, 1.165) is 12.8 Å². The Morgan fingerprint density at radius 2 is 1.61 bits per heavy atom. The summed E-state index contributed by atoms with van der Waals surface area (Å²) in [6.07, 6.45) is 5.72. The van der Waals surface area contributed by atoms with Crippen molar-refractivity contribution in [2.75, 3.05) is 0 Å². The zero-order chi connectivity index (χ0) is 14.2. The summed E-state index contributed by atoms with van der Waals surface area (Å²) in [5.74, 6) is 0.607. The second-order valence-corrected chi connectivity index (χ2v) is 8.43. The number of hydrogen-bond acceptors (Lipinski definition) is 1. The molecule has 1 aliphatic rings. The van der Waals surface area contributed by atoms with Gasteiger partial charge in [0.25, 0.3) is 0 Å². The lowest BCUT2D eigenvalue weighted by Crippen LogP contribution is -2.50. The molecule has 1 rings (SSSR count). The lowest BCUT2D eigenvalue weighted by atomic mass is 9.55. The van der Waals surface area contributed by atoms with Gasteiger partial charge < -0.3 is 5.73 Å². The van der Waals surface area contributed by atoms with E-state index in [0.29, 0.717) is 5.92 Å². The first-order chi connectivity index (χ1) is 7.98. The van der Waals surface area contributed by atoms with Crippen LogP contribution in [0.15, 0.2) is 0 Å². The van der Waals surface area contributed by atoms with Crippen molar-refractivity contribution in [1.82, 2.24) is 0 Å². The lowest BCUT2D eigenvalue weighted by Gasteiger charge is -2.49. The summed E-state index contributed by atoms with van der Waals surface area (Å²) in [5, 5.41) is 0. The van der Waals surface area contributed by atoms with Gasteiger partial charge >= 0.3 is 0 Å². The summed E-state index contributed by atoms with van der Waals surface area (Å²) in [4.78, 5) is 12.2. The largest absolute Gasteiger partial charge is 0.369 e. The van der Waals surface area contributed by atoms with Crippen molar-refractivity contribution in [1.29, 1.82) is 0 Å². The minimum absolute atomic E-state index is 0.0678. The molecule has 0 bridgehead atoms. The van der Waals surface area contributed by atoms with Crippen LogP contribution >= 0.6 is 0 Å². The fourth-order valence-electron chi connectivity index (χ4n) is 3.30. The summed E-state index contributed by atoms with van der Waals surface area (Å²) in [6.45, 7) is 13.1. The normalized spacial score (nSPS) is 21.2. The van der Waals surface area contributed by atoms with Gasteiger partial charge in [-0.15, -0.1) is 0 Å². The molecule has 106 valence electrons. The van der Waals surface area contributed by atoms with Crippen molar-refractivity contribution in [3.8, 4) is 0 Å². The van der Waals surface area contributed by atoms with E-state index in [1.54, 1.807) is 0 Å². The first-order valence-corrected chi connectivity index (χ1v) is 7.28. The van der Waals surface area contributed by atoms with Crippen LogP contribution in [0.2, 0.25) is 0 Å². The molecule has 1 aliphatic carbocycles. The van der Waals surface area contributed by atoms with Crippen LogP contribution < -0.4 is 5.73 Å².